The molecule has 0 aliphatic heterocycles. The van der Waals surface area contributed by atoms with Crippen molar-refractivity contribution in [2.75, 3.05) is 17.3 Å². The smallest absolute Gasteiger partial charge is 0.408 e. The third-order valence-corrected chi connectivity index (χ3v) is 6.19. The maximum absolute atomic E-state index is 14.0. The van der Waals surface area contributed by atoms with Crippen LogP contribution in [0.25, 0.3) is 0 Å². The Bertz CT molecular complexity index is 1070. The quantitative estimate of drug-likeness (QED) is 0.387. The van der Waals surface area contributed by atoms with E-state index in [9.17, 15) is 19.5 Å². The number of aryl methyl sites for hydroxylation is 1. The highest BCUT2D eigenvalue weighted by molar-refractivity contribution is 7.98. The summed E-state index contributed by atoms with van der Waals surface area (Å²) in [6, 6.07) is 11.3. The highest BCUT2D eigenvalue weighted by atomic mass is 32.2. The monoisotopic (exact) mass is 529 g/mol. The van der Waals surface area contributed by atoms with Crippen molar-refractivity contribution in [1.29, 1.82) is 0 Å². The first-order valence-corrected chi connectivity index (χ1v) is 13.7. The van der Waals surface area contributed by atoms with Gasteiger partial charge in [0.1, 0.15) is 23.4 Å². The molecule has 8 nitrogen and oxygen atoms in total. The minimum atomic E-state index is -1.01. The number of nitrogens with one attached hydrogen (secondary N) is 2. The van der Waals surface area contributed by atoms with Gasteiger partial charge < -0.3 is 25.4 Å². The lowest BCUT2D eigenvalue weighted by Gasteiger charge is -2.37. The molecule has 2 aromatic rings. The minimum Gasteiger partial charge on any atom is -0.508 e. The van der Waals surface area contributed by atoms with Gasteiger partial charge >= 0.3 is 6.09 Å². The number of hydrogen-bond acceptors (Lipinski definition) is 6. The van der Waals surface area contributed by atoms with Crippen LogP contribution in [0.4, 0.5) is 10.5 Å². The molecule has 0 saturated carbocycles. The summed E-state index contributed by atoms with van der Waals surface area (Å²) in [5, 5.41) is 15.5. The molecule has 0 aliphatic carbocycles. The Balaban J connectivity index is 2.49. The molecule has 0 fully saturated rings. The van der Waals surface area contributed by atoms with E-state index in [0.29, 0.717) is 23.4 Å². The number of ether oxygens (including phenoxy) is 1. The molecule has 2 aromatic carbocycles. The van der Waals surface area contributed by atoms with Gasteiger partial charge in [-0.2, -0.15) is 11.8 Å². The fraction of sp³-hybridized carbons (Fsp3) is 0.464. The Hall–Kier alpha value is -3.20. The number of carbonyl (C=O) groups excluding carboxylic acids is 3. The predicted molar refractivity (Wildman–Crippen MR) is 149 cm³/mol. The van der Waals surface area contributed by atoms with Gasteiger partial charge in [-0.05, 0) is 89.3 Å². The average Bonchev–Trinajstić information content (AvgIpc) is 2.80. The molecule has 0 spiro atoms. The molecular formula is C28H39N3O5S. The molecule has 2 atom stereocenters. The second kappa shape index (κ2) is 13.4. The SMILES string of the molecule is CSCCC(NC(=O)OC(C)(C)C)C(=O)N(C(C)C)C(C(=O)Nc1ccccc1C)c1ccc(O)cc1. The second-order valence-corrected chi connectivity index (χ2v) is 11.1. The van der Waals surface area contributed by atoms with E-state index in [1.54, 1.807) is 50.7 Å². The van der Waals surface area contributed by atoms with Crippen LogP contribution in [0.1, 0.15) is 58.2 Å². The Morgan fingerprint density at radius 2 is 1.68 bits per heavy atom. The van der Waals surface area contributed by atoms with E-state index in [-0.39, 0.29) is 11.8 Å². The number of thioether (sulfide) groups is 1. The number of alkyl carbamates (subject to hydrolysis) is 1. The molecule has 202 valence electrons. The highest BCUT2D eigenvalue weighted by Crippen LogP contribution is 2.29. The summed E-state index contributed by atoms with van der Waals surface area (Å²) in [7, 11) is 0. The summed E-state index contributed by atoms with van der Waals surface area (Å²) in [5.41, 5.74) is 1.33. The van der Waals surface area contributed by atoms with Gasteiger partial charge in [-0.15, -0.1) is 0 Å². The number of nitrogens with zero attached hydrogens (tertiary/aromatic N) is 1. The average molecular weight is 530 g/mol. The van der Waals surface area contributed by atoms with Crippen LogP contribution >= 0.6 is 11.8 Å². The predicted octanol–water partition coefficient (Wildman–Crippen LogP) is 5.26. The number of amides is 3. The lowest BCUT2D eigenvalue weighted by Crippen LogP contribution is -2.54. The highest BCUT2D eigenvalue weighted by Gasteiger charge is 2.37. The standard InChI is InChI=1S/C28H39N3O5S/c1-18(2)31(26(34)23(16-17-37-7)30-27(35)36-28(4,5)6)24(20-12-14-21(32)15-13-20)25(33)29-22-11-9-8-10-19(22)3/h8-15,18,23-24,32H,16-17H2,1-7H3,(H,29,33)(H,30,35). The van der Waals surface area contributed by atoms with Crippen molar-refractivity contribution in [2.24, 2.45) is 0 Å². The number of benzene rings is 2. The van der Waals surface area contributed by atoms with Crippen molar-refractivity contribution >= 4 is 35.4 Å². The zero-order chi connectivity index (χ0) is 27.8. The molecule has 3 amide bonds. The summed E-state index contributed by atoms with van der Waals surface area (Å²) < 4.78 is 5.40. The van der Waals surface area contributed by atoms with Gasteiger partial charge in [-0.3, -0.25) is 9.59 Å². The van der Waals surface area contributed by atoms with Crippen LogP contribution in [0.15, 0.2) is 48.5 Å². The number of anilines is 1. The molecule has 0 heterocycles. The summed E-state index contributed by atoms with van der Waals surface area (Å²) in [4.78, 5) is 41.9. The summed E-state index contributed by atoms with van der Waals surface area (Å²) in [5.74, 6) is -0.123. The first kappa shape index (κ1) is 30.0. The lowest BCUT2D eigenvalue weighted by atomic mass is 10.00. The number of phenols is 1. The Morgan fingerprint density at radius 1 is 1.05 bits per heavy atom. The van der Waals surface area contributed by atoms with Gasteiger partial charge in [0.25, 0.3) is 5.91 Å². The van der Waals surface area contributed by atoms with Crippen LogP contribution < -0.4 is 10.6 Å². The molecule has 37 heavy (non-hydrogen) atoms. The van der Waals surface area contributed by atoms with Crippen molar-refractivity contribution in [3.05, 3.63) is 59.7 Å². The van der Waals surface area contributed by atoms with E-state index in [0.717, 1.165) is 5.56 Å². The van der Waals surface area contributed by atoms with Crippen molar-refractivity contribution in [1.82, 2.24) is 10.2 Å². The lowest BCUT2D eigenvalue weighted by molar-refractivity contribution is -0.143. The maximum Gasteiger partial charge on any atom is 0.408 e. The van der Waals surface area contributed by atoms with E-state index >= 15 is 0 Å². The zero-order valence-corrected chi connectivity index (χ0v) is 23.5. The molecule has 3 N–H and O–H groups in total. The fourth-order valence-corrected chi connectivity index (χ4v) is 4.28. The van der Waals surface area contributed by atoms with Gasteiger partial charge in [-0.1, -0.05) is 30.3 Å². The number of para-hydroxylation sites is 1. The van der Waals surface area contributed by atoms with E-state index in [1.807, 2.05) is 45.2 Å². The minimum absolute atomic E-state index is 0.0497. The number of hydrogen-bond donors (Lipinski definition) is 3. The molecule has 0 radical (unpaired) electrons. The van der Waals surface area contributed by atoms with Crippen LogP contribution in [0.3, 0.4) is 0 Å². The number of rotatable bonds is 10. The van der Waals surface area contributed by atoms with E-state index in [4.69, 9.17) is 4.74 Å². The maximum atomic E-state index is 14.0. The molecule has 0 aromatic heterocycles. The van der Waals surface area contributed by atoms with Gasteiger partial charge in [-0.25, -0.2) is 4.79 Å². The Labute approximate surface area is 224 Å². The van der Waals surface area contributed by atoms with Crippen LogP contribution in [0.2, 0.25) is 0 Å². The van der Waals surface area contributed by atoms with Crippen molar-refractivity contribution in [3.8, 4) is 5.75 Å². The molecular weight excluding hydrogens is 490 g/mol. The summed E-state index contributed by atoms with van der Waals surface area (Å²) in [6.07, 6.45) is 1.59. The van der Waals surface area contributed by atoms with E-state index in [2.05, 4.69) is 10.6 Å². The van der Waals surface area contributed by atoms with Crippen LogP contribution in [-0.4, -0.2) is 57.6 Å². The fourth-order valence-electron chi connectivity index (χ4n) is 3.81. The molecule has 9 heteroatoms. The van der Waals surface area contributed by atoms with Crippen molar-refractivity contribution in [2.45, 2.75) is 71.7 Å². The van der Waals surface area contributed by atoms with E-state index < -0.39 is 35.6 Å². The van der Waals surface area contributed by atoms with Gasteiger partial charge in [0.05, 0.1) is 0 Å². The Morgan fingerprint density at radius 3 is 2.22 bits per heavy atom. The number of aromatic hydroxyl groups is 1. The van der Waals surface area contributed by atoms with Crippen LogP contribution in [0, 0.1) is 6.92 Å². The largest absolute Gasteiger partial charge is 0.508 e. The van der Waals surface area contributed by atoms with Gasteiger partial charge in [0.2, 0.25) is 5.91 Å². The number of phenolic OH excluding ortho intramolecular Hbond substituents is 1. The van der Waals surface area contributed by atoms with Gasteiger partial charge in [0.15, 0.2) is 0 Å². The molecule has 0 bridgehead atoms. The first-order valence-electron chi connectivity index (χ1n) is 12.3. The van der Waals surface area contributed by atoms with E-state index in [1.165, 1.54) is 17.0 Å². The molecule has 2 unspecified atom stereocenters. The van der Waals surface area contributed by atoms with Crippen molar-refractivity contribution < 1.29 is 24.2 Å². The van der Waals surface area contributed by atoms with Crippen LogP contribution in [0.5, 0.6) is 5.75 Å². The third-order valence-electron chi connectivity index (χ3n) is 5.55. The van der Waals surface area contributed by atoms with Crippen molar-refractivity contribution in [3.63, 3.8) is 0 Å². The summed E-state index contributed by atoms with van der Waals surface area (Å²) >= 11 is 1.55. The zero-order valence-electron chi connectivity index (χ0n) is 22.7. The molecule has 0 aliphatic rings. The topological polar surface area (TPSA) is 108 Å². The molecule has 0 saturated heterocycles. The Kier molecular flexibility index (Phi) is 10.9. The normalized spacial score (nSPS) is 13.0. The molecule has 2 rings (SSSR count). The van der Waals surface area contributed by atoms with Gasteiger partial charge in [0, 0.05) is 11.7 Å². The first-order chi connectivity index (χ1) is 17.3. The van der Waals surface area contributed by atoms with Crippen LogP contribution in [-0.2, 0) is 14.3 Å². The number of carbonyl (C=O) groups is 3. The second-order valence-electron chi connectivity index (χ2n) is 10.1. The summed E-state index contributed by atoms with van der Waals surface area (Å²) in [6.45, 7) is 10.8. The third kappa shape index (κ3) is 9.00.